The van der Waals surface area contributed by atoms with Crippen molar-refractivity contribution in [3.8, 4) is 0 Å². The van der Waals surface area contributed by atoms with Crippen molar-refractivity contribution in [2.24, 2.45) is 0 Å². The van der Waals surface area contributed by atoms with Crippen LogP contribution in [-0.2, 0) is 10.8 Å². The summed E-state index contributed by atoms with van der Waals surface area (Å²) in [5, 5.41) is 0. The normalized spacial score (nSPS) is 13.9. The Labute approximate surface area is 273 Å². The highest BCUT2D eigenvalue weighted by atomic mass is 79.9. The maximum absolute atomic E-state index is 3.93. The largest absolute Gasteiger partial charge is 0.311 e. The number of para-hydroxylation sites is 1. The second-order valence-electron chi connectivity index (χ2n) is 13.8. The van der Waals surface area contributed by atoms with Gasteiger partial charge in [0, 0.05) is 43.1 Å². The van der Waals surface area contributed by atoms with E-state index in [1.54, 1.807) is 0 Å². The molecule has 5 aromatic carbocycles. The Morgan fingerprint density at radius 2 is 0.977 bits per heavy atom. The zero-order valence-corrected chi connectivity index (χ0v) is 28.7. The highest BCUT2D eigenvalue weighted by molar-refractivity contribution is 9.10. The van der Waals surface area contributed by atoms with Crippen molar-refractivity contribution in [2.75, 3.05) is 9.80 Å². The summed E-state index contributed by atoms with van der Waals surface area (Å²) in [4.78, 5) is 4.90. The average Bonchev–Trinajstić information content (AvgIpc) is 2.96. The maximum atomic E-state index is 3.93. The fourth-order valence-electron chi connectivity index (χ4n) is 6.67. The van der Waals surface area contributed by atoms with E-state index in [9.17, 15) is 0 Å². The topological polar surface area (TPSA) is 6.48 Å². The van der Waals surface area contributed by atoms with E-state index in [0.717, 1.165) is 14.6 Å². The van der Waals surface area contributed by atoms with Crippen molar-refractivity contribution >= 4 is 89.1 Å². The van der Waals surface area contributed by atoms with Gasteiger partial charge in [-0.15, -0.1) is 0 Å². The summed E-state index contributed by atoms with van der Waals surface area (Å²) in [5.41, 5.74) is 14.0. The van der Waals surface area contributed by atoms with Gasteiger partial charge in [-0.25, -0.2) is 0 Å². The molecule has 0 unspecified atom stereocenters. The zero-order chi connectivity index (χ0) is 30.3. The molecule has 2 heterocycles. The molecule has 43 heavy (non-hydrogen) atoms. The van der Waals surface area contributed by atoms with Gasteiger partial charge in [0.15, 0.2) is 0 Å². The van der Waals surface area contributed by atoms with E-state index < -0.39 is 0 Å². The molecule has 0 radical (unpaired) electrons. The number of anilines is 6. The van der Waals surface area contributed by atoms with Gasteiger partial charge >= 0.3 is 0 Å². The zero-order valence-electron chi connectivity index (χ0n) is 25.5. The molecule has 2 aliphatic heterocycles. The quantitative estimate of drug-likeness (QED) is 0.167. The van der Waals surface area contributed by atoms with Crippen molar-refractivity contribution in [3.05, 3.63) is 123 Å². The standard InChI is InChI=1S/C38H35BBr2N2/c1-37(2,3)24-11-16-28(17-12-24)42-32-10-8-7-9-30(32)39-31-21-26(40)15-20-33(31)43(35-23-27(41)22-34(42)36(35)39)29-18-13-25(14-19-29)38(4,5)6/h7-23H,1-6H3. The van der Waals surface area contributed by atoms with Crippen molar-refractivity contribution in [2.45, 2.75) is 52.4 Å². The molecule has 0 saturated heterocycles. The summed E-state index contributed by atoms with van der Waals surface area (Å²) in [6.07, 6.45) is 0. The summed E-state index contributed by atoms with van der Waals surface area (Å²) >= 11 is 7.75. The van der Waals surface area contributed by atoms with Gasteiger partial charge in [0.2, 0.25) is 0 Å². The van der Waals surface area contributed by atoms with Crippen LogP contribution in [0.25, 0.3) is 0 Å². The molecule has 214 valence electrons. The number of rotatable bonds is 2. The van der Waals surface area contributed by atoms with Gasteiger partial charge in [0.05, 0.1) is 0 Å². The van der Waals surface area contributed by atoms with Gasteiger partial charge in [0.1, 0.15) is 0 Å². The van der Waals surface area contributed by atoms with E-state index in [1.807, 2.05) is 0 Å². The fourth-order valence-corrected chi connectivity index (χ4v) is 7.48. The third-order valence-electron chi connectivity index (χ3n) is 8.88. The van der Waals surface area contributed by atoms with E-state index in [-0.39, 0.29) is 17.5 Å². The molecular weight excluding hydrogens is 655 g/mol. The third kappa shape index (κ3) is 4.76. The van der Waals surface area contributed by atoms with Gasteiger partial charge in [-0.1, -0.05) is 122 Å². The molecule has 0 fully saturated rings. The summed E-state index contributed by atoms with van der Waals surface area (Å²) < 4.78 is 2.15. The number of nitrogens with zero attached hydrogens (tertiary/aromatic N) is 2. The number of hydrogen-bond acceptors (Lipinski definition) is 2. The minimum atomic E-state index is 0.0932. The van der Waals surface area contributed by atoms with E-state index in [0.29, 0.717) is 0 Å². The lowest BCUT2D eigenvalue weighted by molar-refractivity contribution is 0.590. The molecule has 7 rings (SSSR count). The number of benzene rings is 5. The first-order valence-corrected chi connectivity index (χ1v) is 16.5. The minimum absolute atomic E-state index is 0.0932. The highest BCUT2D eigenvalue weighted by Crippen LogP contribution is 2.45. The molecular formula is C38H35BBr2N2. The molecule has 0 amide bonds. The van der Waals surface area contributed by atoms with Crippen LogP contribution in [0.2, 0.25) is 0 Å². The third-order valence-corrected chi connectivity index (χ3v) is 9.84. The lowest BCUT2D eigenvalue weighted by Crippen LogP contribution is -2.61. The highest BCUT2D eigenvalue weighted by Gasteiger charge is 2.43. The molecule has 0 saturated carbocycles. The number of halogens is 2. The Morgan fingerprint density at radius 3 is 1.49 bits per heavy atom. The molecule has 5 heteroatoms. The van der Waals surface area contributed by atoms with E-state index in [4.69, 9.17) is 0 Å². The Kier molecular flexibility index (Phi) is 6.72. The summed E-state index contributed by atoms with van der Waals surface area (Å²) in [7, 11) is 0. The van der Waals surface area contributed by atoms with E-state index in [1.165, 1.54) is 56.0 Å². The van der Waals surface area contributed by atoms with Crippen LogP contribution in [0.5, 0.6) is 0 Å². The second kappa shape index (κ2) is 10.1. The fraction of sp³-hybridized carbons (Fsp3) is 0.211. The molecule has 0 N–H and O–H groups in total. The van der Waals surface area contributed by atoms with Crippen LogP contribution in [0.3, 0.4) is 0 Å². The number of fused-ring (bicyclic) bond motifs is 4. The van der Waals surface area contributed by atoms with Crippen LogP contribution in [0.1, 0.15) is 52.7 Å². The summed E-state index contributed by atoms with van der Waals surface area (Å²) in [6.45, 7) is 13.7. The van der Waals surface area contributed by atoms with E-state index >= 15 is 0 Å². The van der Waals surface area contributed by atoms with Crippen molar-refractivity contribution < 1.29 is 0 Å². The molecule has 0 atom stereocenters. The summed E-state index contributed by atoms with van der Waals surface area (Å²) in [5.74, 6) is 0. The van der Waals surface area contributed by atoms with Crippen LogP contribution in [0.15, 0.2) is 112 Å². The van der Waals surface area contributed by atoms with Gasteiger partial charge in [0.25, 0.3) is 6.71 Å². The molecule has 2 aliphatic rings. The monoisotopic (exact) mass is 688 g/mol. The van der Waals surface area contributed by atoms with Gasteiger partial charge in [-0.05, 0) is 92.9 Å². The molecule has 0 bridgehead atoms. The van der Waals surface area contributed by atoms with Crippen molar-refractivity contribution in [1.29, 1.82) is 0 Å². The first-order valence-electron chi connectivity index (χ1n) is 14.9. The molecule has 2 nitrogen and oxygen atoms in total. The Bertz CT molecular complexity index is 1850. The predicted molar refractivity (Wildman–Crippen MR) is 193 cm³/mol. The van der Waals surface area contributed by atoms with Crippen LogP contribution < -0.4 is 26.2 Å². The van der Waals surface area contributed by atoms with Crippen molar-refractivity contribution in [1.82, 2.24) is 0 Å². The smallest absolute Gasteiger partial charge is 0.252 e. The van der Waals surface area contributed by atoms with Gasteiger partial charge in [-0.2, -0.15) is 0 Å². The Balaban J connectivity index is 1.50. The number of hydrogen-bond donors (Lipinski definition) is 0. The molecule has 0 aromatic heterocycles. The lowest BCUT2D eigenvalue weighted by Gasteiger charge is -2.44. The SMILES string of the molecule is CC(C)(C)c1ccc(N2c3ccccc3B3c4cc(Br)ccc4N(c4ccc(C(C)(C)C)cc4)c4cc(Br)cc2c43)cc1. The first kappa shape index (κ1) is 28.5. The Hall–Kier alpha value is -3.28. The molecule has 5 aromatic rings. The maximum Gasteiger partial charge on any atom is 0.252 e. The van der Waals surface area contributed by atoms with Crippen molar-refractivity contribution in [3.63, 3.8) is 0 Å². The van der Waals surface area contributed by atoms with Gasteiger partial charge in [-0.3, -0.25) is 0 Å². The summed E-state index contributed by atoms with van der Waals surface area (Å²) in [6, 6.07) is 38.5. The van der Waals surface area contributed by atoms with Crippen LogP contribution in [0.4, 0.5) is 34.1 Å². The average molecular weight is 690 g/mol. The minimum Gasteiger partial charge on any atom is -0.311 e. The molecule has 0 spiro atoms. The first-order chi connectivity index (χ1) is 20.4. The Morgan fingerprint density at radius 1 is 0.488 bits per heavy atom. The lowest BCUT2D eigenvalue weighted by atomic mass is 9.33. The van der Waals surface area contributed by atoms with Crippen LogP contribution in [-0.4, -0.2) is 6.71 Å². The second-order valence-corrected chi connectivity index (χ2v) is 15.6. The predicted octanol–water partition coefficient (Wildman–Crippen LogP) is 9.89. The van der Waals surface area contributed by atoms with Crippen LogP contribution >= 0.6 is 31.9 Å². The van der Waals surface area contributed by atoms with Crippen LogP contribution in [0, 0.1) is 0 Å². The van der Waals surface area contributed by atoms with Gasteiger partial charge < -0.3 is 9.80 Å². The van der Waals surface area contributed by atoms with E-state index in [2.05, 4.69) is 186 Å². The molecule has 0 aliphatic carbocycles.